The fraction of sp³-hybridized carbons (Fsp3) is 0.400. The number of hydrogen-bond donors (Lipinski definition) is 2. The smallest absolute Gasteiger partial charge is 0.231 e. The van der Waals surface area contributed by atoms with Crippen LogP contribution in [0.4, 0.5) is 0 Å². The van der Waals surface area contributed by atoms with Gasteiger partial charge in [-0.3, -0.25) is 0 Å². The molecule has 4 nitrogen and oxygen atoms in total. The van der Waals surface area contributed by atoms with Gasteiger partial charge in [-0.2, -0.15) is 0 Å². The van der Waals surface area contributed by atoms with Crippen LogP contribution in [0.3, 0.4) is 0 Å². The first-order chi connectivity index (χ1) is 6.81. The van der Waals surface area contributed by atoms with E-state index >= 15 is 0 Å². The van der Waals surface area contributed by atoms with Crippen molar-refractivity contribution in [2.75, 3.05) is 13.3 Å². The topological polar surface area (TPSA) is 64.7 Å². The molecule has 0 aliphatic carbocycles. The van der Waals surface area contributed by atoms with Crippen LogP contribution in [0.1, 0.15) is 12.0 Å². The largest absolute Gasteiger partial charge is 0.508 e. The lowest BCUT2D eigenvalue weighted by atomic mass is 10.1. The molecule has 3 N–H and O–H groups in total. The Kier molecular flexibility index (Phi) is 2.45. The number of nitrogens with two attached hydrogens (primary N) is 1. The third kappa shape index (κ3) is 1.61. The lowest BCUT2D eigenvalue weighted by molar-refractivity contribution is 0.173. The predicted octanol–water partition coefficient (Wildman–Crippen LogP) is 1.01. The molecular formula is C10H13NO3. The van der Waals surface area contributed by atoms with Crippen LogP contribution in [0.2, 0.25) is 0 Å². The van der Waals surface area contributed by atoms with E-state index in [1.165, 1.54) is 0 Å². The molecule has 0 saturated carbocycles. The molecule has 4 heteroatoms. The first kappa shape index (κ1) is 9.15. The summed E-state index contributed by atoms with van der Waals surface area (Å²) in [5.41, 5.74) is 6.39. The Morgan fingerprint density at radius 3 is 3.00 bits per heavy atom. The zero-order valence-corrected chi connectivity index (χ0v) is 7.82. The molecule has 2 rings (SSSR count). The van der Waals surface area contributed by atoms with E-state index in [1.54, 1.807) is 12.1 Å². The van der Waals surface area contributed by atoms with Crippen molar-refractivity contribution in [1.82, 2.24) is 0 Å². The van der Waals surface area contributed by atoms with E-state index in [2.05, 4.69) is 0 Å². The second-order valence-corrected chi connectivity index (χ2v) is 3.23. The van der Waals surface area contributed by atoms with Crippen LogP contribution in [0, 0.1) is 0 Å². The molecule has 0 aromatic heterocycles. The Hall–Kier alpha value is -1.42. The molecule has 0 unspecified atom stereocenters. The normalized spacial score (nSPS) is 13.2. The lowest BCUT2D eigenvalue weighted by Crippen LogP contribution is -2.01. The van der Waals surface area contributed by atoms with E-state index in [0.717, 1.165) is 24.2 Å². The maximum Gasteiger partial charge on any atom is 0.231 e. The van der Waals surface area contributed by atoms with Crippen LogP contribution < -0.4 is 15.2 Å². The fourth-order valence-corrected chi connectivity index (χ4v) is 1.54. The molecule has 0 saturated heterocycles. The Morgan fingerprint density at radius 2 is 2.21 bits per heavy atom. The molecule has 1 aliphatic heterocycles. The van der Waals surface area contributed by atoms with E-state index in [0.29, 0.717) is 12.3 Å². The van der Waals surface area contributed by atoms with E-state index < -0.39 is 0 Å². The number of hydrogen-bond acceptors (Lipinski definition) is 4. The van der Waals surface area contributed by atoms with Gasteiger partial charge in [0.25, 0.3) is 0 Å². The second kappa shape index (κ2) is 3.75. The summed E-state index contributed by atoms with van der Waals surface area (Å²) in [5.74, 6) is 1.58. The SMILES string of the molecule is NCCCc1cc(O)cc2c1OCO2. The highest BCUT2D eigenvalue weighted by Gasteiger charge is 2.18. The highest BCUT2D eigenvalue weighted by Crippen LogP contribution is 2.39. The number of benzene rings is 1. The Balaban J connectivity index is 2.29. The molecule has 0 fully saturated rings. The third-order valence-corrected chi connectivity index (χ3v) is 2.18. The molecule has 1 aromatic carbocycles. The van der Waals surface area contributed by atoms with Crippen molar-refractivity contribution >= 4 is 0 Å². The van der Waals surface area contributed by atoms with Gasteiger partial charge in [-0.1, -0.05) is 0 Å². The van der Waals surface area contributed by atoms with Gasteiger partial charge in [0.05, 0.1) is 0 Å². The van der Waals surface area contributed by atoms with E-state index in [4.69, 9.17) is 15.2 Å². The minimum Gasteiger partial charge on any atom is -0.508 e. The molecule has 1 heterocycles. The highest BCUT2D eigenvalue weighted by molar-refractivity contribution is 5.52. The van der Waals surface area contributed by atoms with Gasteiger partial charge in [0.1, 0.15) is 5.75 Å². The first-order valence-corrected chi connectivity index (χ1v) is 4.63. The van der Waals surface area contributed by atoms with Crippen molar-refractivity contribution in [2.45, 2.75) is 12.8 Å². The molecular weight excluding hydrogens is 182 g/mol. The summed E-state index contributed by atoms with van der Waals surface area (Å²) in [6.45, 7) is 0.861. The Labute approximate surface area is 82.2 Å². The molecule has 14 heavy (non-hydrogen) atoms. The van der Waals surface area contributed by atoms with E-state index in [9.17, 15) is 5.11 Å². The minimum atomic E-state index is 0.210. The number of rotatable bonds is 3. The first-order valence-electron chi connectivity index (χ1n) is 4.63. The van der Waals surface area contributed by atoms with Crippen molar-refractivity contribution in [2.24, 2.45) is 5.73 Å². The lowest BCUT2D eigenvalue weighted by Gasteiger charge is -2.05. The maximum atomic E-state index is 9.41. The van der Waals surface area contributed by atoms with Gasteiger partial charge < -0.3 is 20.3 Å². The average molecular weight is 195 g/mol. The van der Waals surface area contributed by atoms with Gasteiger partial charge in [0.15, 0.2) is 11.5 Å². The minimum absolute atomic E-state index is 0.210. The summed E-state index contributed by atoms with van der Waals surface area (Å²) >= 11 is 0. The molecule has 76 valence electrons. The summed E-state index contributed by atoms with van der Waals surface area (Å²) in [6.07, 6.45) is 1.68. The second-order valence-electron chi connectivity index (χ2n) is 3.23. The van der Waals surface area contributed by atoms with Crippen LogP contribution >= 0.6 is 0 Å². The zero-order valence-electron chi connectivity index (χ0n) is 7.82. The highest BCUT2D eigenvalue weighted by atomic mass is 16.7. The van der Waals surface area contributed by atoms with E-state index in [-0.39, 0.29) is 12.5 Å². The monoisotopic (exact) mass is 195 g/mol. The molecule has 0 radical (unpaired) electrons. The molecule has 1 aliphatic rings. The zero-order chi connectivity index (χ0) is 9.97. The molecule has 0 spiro atoms. The summed E-state index contributed by atoms with van der Waals surface area (Å²) in [7, 11) is 0. The van der Waals surface area contributed by atoms with Crippen LogP contribution in [-0.2, 0) is 6.42 Å². The average Bonchev–Trinajstić information content (AvgIpc) is 2.61. The summed E-state index contributed by atoms with van der Waals surface area (Å²) in [6, 6.07) is 3.26. The Bertz CT molecular complexity index is 338. The summed E-state index contributed by atoms with van der Waals surface area (Å²) in [5, 5.41) is 9.41. The molecule has 0 atom stereocenters. The quantitative estimate of drug-likeness (QED) is 0.755. The van der Waals surface area contributed by atoms with Gasteiger partial charge >= 0.3 is 0 Å². The number of fused-ring (bicyclic) bond motifs is 1. The van der Waals surface area contributed by atoms with Crippen molar-refractivity contribution < 1.29 is 14.6 Å². The molecule has 1 aromatic rings. The summed E-state index contributed by atoms with van der Waals surface area (Å²) in [4.78, 5) is 0. The number of phenolic OH excluding ortho intramolecular Hbond substituents is 1. The van der Waals surface area contributed by atoms with E-state index in [1.807, 2.05) is 0 Å². The van der Waals surface area contributed by atoms with Gasteiger partial charge in [-0.25, -0.2) is 0 Å². The number of aryl methyl sites for hydroxylation is 1. The van der Waals surface area contributed by atoms with Gasteiger partial charge in [-0.15, -0.1) is 0 Å². The number of aromatic hydroxyl groups is 1. The van der Waals surface area contributed by atoms with Gasteiger partial charge in [0.2, 0.25) is 6.79 Å². The Morgan fingerprint density at radius 1 is 1.36 bits per heavy atom. The van der Waals surface area contributed by atoms with Gasteiger partial charge in [0, 0.05) is 11.6 Å². The summed E-state index contributed by atoms with van der Waals surface area (Å²) < 4.78 is 10.5. The van der Waals surface area contributed by atoms with Crippen molar-refractivity contribution in [1.29, 1.82) is 0 Å². The number of phenols is 1. The fourth-order valence-electron chi connectivity index (χ4n) is 1.54. The van der Waals surface area contributed by atoms with Crippen molar-refractivity contribution in [3.05, 3.63) is 17.7 Å². The van der Waals surface area contributed by atoms with Crippen LogP contribution in [-0.4, -0.2) is 18.4 Å². The molecule has 0 bridgehead atoms. The standard InChI is InChI=1S/C10H13NO3/c11-3-1-2-7-4-8(12)5-9-10(7)14-6-13-9/h4-5,12H,1-3,6,11H2. The van der Waals surface area contributed by atoms with Crippen molar-refractivity contribution in [3.63, 3.8) is 0 Å². The van der Waals surface area contributed by atoms with Gasteiger partial charge in [-0.05, 0) is 25.5 Å². The predicted molar refractivity (Wildman–Crippen MR) is 51.6 cm³/mol. The van der Waals surface area contributed by atoms with Crippen LogP contribution in [0.5, 0.6) is 17.2 Å². The van der Waals surface area contributed by atoms with Crippen LogP contribution in [0.25, 0.3) is 0 Å². The maximum absolute atomic E-state index is 9.41. The van der Waals surface area contributed by atoms with Crippen LogP contribution in [0.15, 0.2) is 12.1 Å². The third-order valence-electron chi connectivity index (χ3n) is 2.18. The molecule has 0 amide bonds. The number of ether oxygens (including phenoxy) is 2. The van der Waals surface area contributed by atoms with Crippen molar-refractivity contribution in [3.8, 4) is 17.2 Å².